The van der Waals surface area contributed by atoms with Gasteiger partial charge in [0.15, 0.2) is 5.96 Å². The molecule has 2 aliphatic rings. The molecule has 0 aromatic carbocycles. The molecule has 2 rings (SSSR count). The van der Waals surface area contributed by atoms with Crippen molar-refractivity contribution < 1.29 is 14.3 Å². The number of nitrogens with zero attached hydrogens (tertiary/aromatic N) is 3. The molecule has 1 aliphatic heterocycles. The van der Waals surface area contributed by atoms with Gasteiger partial charge in [-0.25, -0.2) is 4.79 Å². The Bertz CT molecular complexity index is 444. The van der Waals surface area contributed by atoms with Crippen LogP contribution in [0, 0.1) is 5.41 Å². The van der Waals surface area contributed by atoms with E-state index < -0.39 is 0 Å². The second-order valence-electron chi connectivity index (χ2n) is 6.79. The van der Waals surface area contributed by atoms with Crippen LogP contribution >= 0.6 is 0 Å². The number of aliphatic imine (C=N–C) groups is 1. The Hall–Kier alpha value is -1.50. The molecule has 1 saturated carbocycles. The Labute approximate surface area is 151 Å². The van der Waals surface area contributed by atoms with Crippen molar-refractivity contribution in [3.8, 4) is 0 Å². The molecule has 1 amide bonds. The minimum atomic E-state index is -0.211. The first-order valence-electron chi connectivity index (χ1n) is 9.67. The number of piperazine rings is 1. The van der Waals surface area contributed by atoms with Crippen LogP contribution in [0.5, 0.6) is 0 Å². The summed E-state index contributed by atoms with van der Waals surface area (Å²) in [6, 6.07) is 0. The quantitative estimate of drug-likeness (QED) is 0.410. The van der Waals surface area contributed by atoms with Gasteiger partial charge in [-0.3, -0.25) is 4.99 Å². The van der Waals surface area contributed by atoms with Gasteiger partial charge in [0.1, 0.15) is 0 Å². The number of carbonyl (C=O) groups excluding carboxylic acids is 1. The van der Waals surface area contributed by atoms with Crippen LogP contribution in [-0.2, 0) is 9.47 Å². The number of guanidine groups is 1. The average molecular weight is 354 g/mol. The van der Waals surface area contributed by atoms with Crippen molar-refractivity contribution in [1.82, 2.24) is 15.1 Å². The number of amides is 1. The van der Waals surface area contributed by atoms with Crippen molar-refractivity contribution in [2.24, 2.45) is 10.4 Å². The van der Waals surface area contributed by atoms with Gasteiger partial charge < -0.3 is 24.6 Å². The predicted octanol–water partition coefficient (Wildman–Crippen LogP) is 1.93. The average Bonchev–Trinajstić information content (AvgIpc) is 3.39. The predicted molar refractivity (Wildman–Crippen MR) is 98.9 cm³/mol. The molecule has 0 atom stereocenters. The number of ether oxygens (including phenoxy) is 2. The molecule has 0 aromatic rings. The van der Waals surface area contributed by atoms with Crippen LogP contribution in [0.3, 0.4) is 0 Å². The van der Waals surface area contributed by atoms with Crippen molar-refractivity contribution in [2.45, 2.75) is 40.0 Å². The van der Waals surface area contributed by atoms with Gasteiger partial charge in [0.05, 0.1) is 6.61 Å². The summed E-state index contributed by atoms with van der Waals surface area (Å²) in [6.07, 6.45) is 3.39. The molecule has 1 saturated heterocycles. The highest BCUT2D eigenvalue weighted by Crippen LogP contribution is 2.49. The fourth-order valence-corrected chi connectivity index (χ4v) is 3.08. The minimum Gasteiger partial charge on any atom is -0.450 e. The van der Waals surface area contributed by atoms with E-state index in [0.29, 0.717) is 25.1 Å². The van der Waals surface area contributed by atoms with Gasteiger partial charge >= 0.3 is 6.09 Å². The Morgan fingerprint density at radius 1 is 1.08 bits per heavy atom. The van der Waals surface area contributed by atoms with Crippen LogP contribution in [0.25, 0.3) is 0 Å². The maximum Gasteiger partial charge on any atom is 0.409 e. The first kappa shape index (κ1) is 19.8. The summed E-state index contributed by atoms with van der Waals surface area (Å²) < 4.78 is 10.6. The van der Waals surface area contributed by atoms with Gasteiger partial charge in [-0.15, -0.1) is 0 Å². The first-order chi connectivity index (χ1) is 12.1. The third kappa shape index (κ3) is 6.06. The lowest BCUT2D eigenvalue weighted by atomic mass is 10.0. The highest BCUT2D eigenvalue weighted by molar-refractivity contribution is 5.80. The van der Waals surface area contributed by atoms with E-state index in [1.54, 1.807) is 4.90 Å². The van der Waals surface area contributed by atoms with E-state index in [1.807, 2.05) is 13.8 Å². The molecular weight excluding hydrogens is 320 g/mol. The second kappa shape index (κ2) is 9.85. The normalized spacial score (nSPS) is 19.7. The monoisotopic (exact) mass is 354 g/mol. The molecule has 7 nitrogen and oxygen atoms in total. The third-order valence-corrected chi connectivity index (χ3v) is 4.94. The second-order valence-corrected chi connectivity index (χ2v) is 6.79. The van der Waals surface area contributed by atoms with Gasteiger partial charge in [-0.2, -0.15) is 0 Å². The summed E-state index contributed by atoms with van der Waals surface area (Å²) >= 11 is 0. The highest BCUT2D eigenvalue weighted by Gasteiger charge is 2.42. The van der Waals surface area contributed by atoms with E-state index in [0.717, 1.165) is 51.8 Å². The number of hydrogen-bond donors (Lipinski definition) is 1. The third-order valence-electron chi connectivity index (χ3n) is 4.94. The van der Waals surface area contributed by atoms with Crippen LogP contribution < -0.4 is 5.32 Å². The zero-order chi connectivity index (χ0) is 18.1. The van der Waals surface area contributed by atoms with Crippen LogP contribution in [-0.4, -0.2) is 80.9 Å². The summed E-state index contributed by atoms with van der Waals surface area (Å²) in [6.45, 7) is 12.7. The molecule has 0 radical (unpaired) electrons. The maximum absolute atomic E-state index is 11.8. The minimum absolute atomic E-state index is 0.211. The summed E-state index contributed by atoms with van der Waals surface area (Å²) in [4.78, 5) is 20.7. The van der Waals surface area contributed by atoms with Crippen LogP contribution in [0.15, 0.2) is 4.99 Å². The zero-order valence-corrected chi connectivity index (χ0v) is 16.1. The van der Waals surface area contributed by atoms with Crippen molar-refractivity contribution in [1.29, 1.82) is 0 Å². The molecule has 144 valence electrons. The maximum atomic E-state index is 11.8. The van der Waals surface area contributed by atoms with Crippen molar-refractivity contribution >= 4 is 12.1 Å². The summed E-state index contributed by atoms with van der Waals surface area (Å²) in [5.74, 6) is 0.966. The van der Waals surface area contributed by atoms with Gasteiger partial charge in [-0.05, 0) is 45.4 Å². The molecule has 1 N–H and O–H groups in total. The lowest BCUT2D eigenvalue weighted by Gasteiger charge is -2.36. The van der Waals surface area contributed by atoms with E-state index in [9.17, 15) is 4.79 Å². The standard InChI is InChI=1S/C18H34N4O3/c1-4-19-16(20-15-18(7-8-18)9-14-24-5-2)21-10-12-22(13-11-21)17(23)25-6-3/h4-15H2,1-3H3,(H,19,20). The van der Waals surface area contributed by atoms with Crippen molar-refractivity contribution in [3.63, 3.8) is 0 Å². The van der Waals surface area contributed by atoms with Crippen LogP contribution in [0.1, 0.15) is 40.0 Å². The topological polar surface area (TPSA) is 66.4 Å². The van der Waals surface area contributed by atoms with Gasteiger partial charge in [0, 0.05) is 52.5 Å². The number of rotatable bonds is 8. The van der Waals surface area contributed by atoms with E-state index in [4.69, 9.17) is 14.5 Å². The summed E-state index contributed by atoms with van der Waals surface area (Å²) in [5.41, 5.74) is 0.350. The number of hydrogen-bond acceptors (Lipinski definition) is 4. The van der Waals surface area contributed by atoms with Gasteiger partial charge in [0.2, 0.25) is 0 Å². The molecule has 1 aliphatic carbocycles. The molecule has 7 heteroatoms. The molecular formula is C18H34N4O3. The largest absolute Gasteiger partial charge is 0.450 e. The highest BCUT2D eigenvalue weighted by atomic mass is 16.6. The van der Waals surface area contributed by atoms with Crippen molar-refractivity contribution in [3.05, 3.63) is 0 Å². The molecule has 0 aromatic heterocycles. The Morgan fingerprint density at radius 3 is 2.32 bits per heavy atom. The summed E-state index contributed by atoms with van der Waals surface area (Å²) in [5, 5.41) is 3.40. The fourth-order valence-electron chi connectivity index (χ4n) is 3.08. The lowest BCUT2D eigenvalue weighted by Crippen LogP contribution is -2.54. The Balaban J connectivity index is 1.85. The molecule has 25 heavy (non-hydrogen) atoms. The van der Waals surface area contributed by atoms with E-state index in [2.05, 4.69) is 17.1 Å². The molecule has 2 fully saturated rings. The van der Waals surface area contributed by atoms with E-state index in [1.165, 1.54) is 12.8 Å². The SMILES string of the molecule is CCNC(=NCC1(CCOCC)CC1)N1CCN(C(=O)OCC)CC1. The Kier molecular flexibility index (Phi) is 7.81. The fraction of sp³-hybridized carbons (Fsp3) is 0.889. The number of carbonyl (C=O) groups is 1. The molecule has 0 spiro atoms. The smallest absolute Gasteiger partial charge is 0.409 e. The molecule has 1 heterocycles. The molecule has 0 bridgehead atoms. The van der Waals surface area contributed by atoms with E-state index >= 15 is 0 Å². The van der Waals surface area contributed by atoms with Crippen LogP contribution in [0.4, 0.5) is 4.79 Å². The van der Waals surface area contributed by atoms with Crippen molar-refractivity contribution in [2.75, 3.05) is 59.1 Å². The lowest BCUT2D eigenvalue weighted by molar-refractivity contribution is 0.0914. The van der Waals surface area contributed by atoms with Crippen LogP contribution in [0.2, 0.25) is 0 Å². The Morgan fingerprint density at radius 2 is 1.76 bits per heavy atom. The van der Waals surface area contributed by atoms with E-state index in [-0.39, 0.29) is 6.09 Å². The first-order valence-corrected chi connectivity index (χ1v) is 9.67. The zero-order valence-electron chi connectivity index (χ0n) is 16.1. The molecule has 0 unspecified atom stereocenters. The number of nitrogens with one attached hydrogen (secondary N) is 1. The van der Waals surface area contributed by atoms with Gasteiger partial charge in [-0.1, -0.05) is 0 Å². The van der Waals surface area contributed by atoms with Gasteiger partial charge in [0.25, 0.3) is 0 Å². The summed E-state index contributed by atoms with van der Waals surface area (Å²) in [7, 11) is 0.